The number of alkyl halides is 3. The molecule has 0 unspecified atom stereocenters. The van der Waals surface area contributed by atoms with E-state index in [9.17, 15) is 22.8 Å². The molecule has 0 saturated heterocycles. The van der Waals surface area contributed by atoms with Crippen LogP contribution in [-0.4, -0.2) is 43.3 Å². The lowest BCUT2D eigenvalue weighted by Gasteiger charge is -2.34. The van der Waals surface area contributed by atoms with Crippen molar-refractivity contribution in [1.82, 2.24) is 10.4 Å². The summed E-state index contributed by atoms with van der Waals surface area (Å²) in [6.07, 6.45) is -3.15. The molecule has 0 saturated carbocycles. The van der Waals surface area contributed by atoms with Gasteiger partial charge in [-0.15, -0.1) is 6.58 Å². The zero-order valence-corrected chi connectivity index (χ0v) is 14.2. The molecule has 0 aromatic heterocycles. The number of rotatable bonds is 7. The lowest BCUT2D eigenvalue weighted by atomic mass is 9.80. The van der Waals surface area contributed by atoms with Crippen LogP contribution < -0.4 is 5.32 Å². The van der Waals surface area contributed by atoms with Crippen molar-refractivity contribution in [1.29, 1.82) is 0 Å². The minimum absolute atomic E-state index is 0.0455. The molecule has 0 aromatic rings. The molecule has 0 heterocycles. The van der Waals surface area contributed by atoms with Crippen LogP contribution in [0, 0.1) is 11.3 Å². The Hall–Kier alpha value is -1.57. The van der Waals surface area contributed by atoms with Gasteiger partial charge in [-0.1, -0.05) is 26.8 Å². The summed E-state index contributed by atoms with van der Waals surface area (Å²) in [5.74, 6) is -3.04. The third-order valence-electron chi connectivity index (χ3n) is 3.51. The maximum absolute atomic E-state index is 12.5. The third-order valence-corrected chi connectivity index (χ3v) is 3.51. The number of halogens is 3. The fourth-order valence-corrected chi connectivity index (χ4v) is 2.00. The first-order valence-electron chi connectivity index (χ1n) is 7.14. The van der Waals surface area contributed by atoms with E-state index in [0.717, 1.165) is 5.06 Å². The Balaban J connectivity index is 5.28. The fraction of sp³-hybridized carbons (Fsp3) is 0.733. The van der Waals surface area contributed by atoms with Crippen molar-refractivity contribution in [3.8, 4) is 0 Å². The average molecular weight is 338 g/mol. The highest BCUT2D eigenvalue weighted by Crippen LogP contribution is 2.28. The molecule has 8 heteroatoms. The Morgan fingerprint density at radius 3 is 2.17 bits per heavy atom. The Bertz CT molecular complexity index is 431. The van der Waals surface area contributed by atoms with Crippen LogP contribution in [0.15, 0.2) is 12.7 Å². The van der Waals surface area contributed by atoms with E-state index in [4.69, 9.17) is 4.84 Å². The van der Waals surface area contributed by atoms with E-state index in [1.54, 1.807) is 20.8 Å². The number of nitrogens with one attached hydrogen (secondary N) is 1. The molecular formula is C15H25F3N2O3. The van der Waals surface area contributed by atoms with E-state index in [-0.39, 0.29) is 18.7 Å². The van der Waals surface area contributed by atoms with Gasteiger partial charge < -0.3 is 5.32 Å². The number of hydrogen-bond acceptors (Lipinski definition) is 3. The van der Waals surface area contributed by atoms with Crippen LogP contribution in [0.1, 0.15) is 33.6 Å². The fourth-order valence-electron chi connectivity index (χ4n) is 2.00. The summed E-state index contributed by atoms with van der Waals surface area (Å²) in [4.78, 5) is 28.3. The first kappa shape index (κ1) is 21.4. The summed E-state index contributed by atoms with van der Waals surface area (Å²) < 4.78 is 37.5. The van der Waals surface area contributed by atoms with Crippen molar-refractivity contribution < 1.29 is 27.6 Å². The second-order valence-corrected chi connectivity index (χ2v) is 6.37. The number of hydroxylamine groups is 2. The number of amides is 2. The zero-order valence-electron chi connectivity index (χ0n) is 14.2. The Morgan fingerprint density at radius 2 is 1.83 bits per heavy atom. The van der Waals surface area contributed by atoms with Gasteiger partial charge in [0.05, 0.1) is 7.11 Å². The van der Waals surface area contributed by atoms with Crippen molar-refractivity contribution in [3.63, 3.8) is 0 Å². The minimum atomic E-state index is -4.97. The van der Waals surface area contributed by atoms with Gasteiger partial charge in [-0.05, 0) is 18.3 Å². The summed E-state index contributed by atoms with van der Waals surface area (Å²) >= 11 is 0. The van der Waals surface area contributed by atoms with Crippen LogP contribution >= 0.6 is 0 Å². The van der Waals surface area contributed by atoms with E-state index < -0.39 is 29.5 Å². The normalized spacial score (nSPS) is 14.8. The first-order chi connectivity index (χ1) is 10.3. The lowest BCUT2D eigenvalue weighted by Crippen LogP contribution is -2.50. The molecule has 134 valence electrons. The van der Waals surface area contributed by atoms with Crippen molar-refractivity contribution in [2.24, 2.45) is 11.3 Å². The van der Waals surface area contributed by atoms with Gasteiger partial charge in [0, 0.05) is 19.0 Å². The molecule has 0 radical (unpaired) electrons. The Kier molecular flexibility index (Phi) is 7.76. The highest BCUT2D eigenvalue weighted by Gasteiger charge is 2.42. The topological polar surface area (TPSA) is 58.6 Å². The number of hydrogen-bond donors (Lipinski definition) is 1. The molecule has 0 fully saturated rings. The smallest absolute Gasteiger partial charge is 0.345 e. The van der Waals surface area contributed by atoms with Gasteiger partial charge >= 0.3 is 12.1 Å². The van der Waals surface area contributed by atoms with Gasteiger partial charge in [-0.3, -0.25) is 14.4 Å². The standard InChI is InChI=1S/C15H25F3N2O3/c1-7-8-10(12(21)20(5)23-6)9-11(14(2,3)4)19-13(22)15(16,17)18/h7,10-11H,1,8-9H2,2-6H3,(H,19,22)/t10-,11+/m0/s1. The monoisotopic (exact) mass is 338 g/mol. The van der Waals surface area contributed by atoms with Gasteiger partial charge in [0.25, 0.3) is 0 Å². The molecule has 5 nitrogen and oxygen atoms in total. The third kappa shape index (κ3) is 7.02. The molecule has 0 spiro atoms. The largest absolute Gasteiger partial charge is 0.471 e. The second kappa shape index (κ2) is 8.33. The highest BCUT2D eigenvalue weighted by atomic mass is 19.4. The van der Waals surface area contributed by atoms with Crippen LogP contribution in [0.2, 0.25) is 0 Å². The molecule has 1 N–H and O–H groups in total. The average Bonchev–Trinajstić information content (AvgIpc) is 2.41. The Labute approximate surface area is 134 Å². The summed E-state index contributed by atoms with van der Waals surface area (Å²) in [6, 6.07) is -0.837. The van der Waals surface area contributed by atoms with Crippen molar-refractivity contribution in [2.75, 3.05) is 14.2 Å². The molecular weight excluding hydrogens is 313 g/mol. The number of carbonyl (C=O) groups excluding carboxylic acids is 2. The molecule has 0 aromatic carbocycles. The second-order valence-electron chi connectivity index (χ2n) is 6.37. The van der Waals surface area contributed by atoms with Gasteiger partial charge in [-0.25, -0.2) is 5.06 Å². The maximum atomic E-state index is 12.5. The van der Waals surface area contributed by atoms with E-state index in [2.05, 4.69) is 6.58 Å². The number of allylic oxidation sites excluding steroid dienone is 1. The molecule has 2 amide bonds. The molecule has 0 aliphatic heterocycles. The van der Waals surface area contributed by atoms with Gasteiger partial charge in [0.15, 0.2) is 0 Å². The van der Waals surface area contributed by atoms with Crippen LogP contribution in [0.4, 0.5) is 13.2 Å². The summed E-state index contributed by atoms with van der Waals surface area (Å²) in [5, 5.41) is 3.00. The van der Waals surface area contributed by atoms with Gasteiger partial charge in [0.1, 0.15) is 0 Å². The predicted molar refractivity (Wildman–Crippen MR) is 80.1 cm³/mol. The van der Waals surface area contributed by atoms with Crippen molar-refractivity contribution in [3.05, 3.63) is 12.7 Å². The predicted octanol–water partition coefficient (Wildman–Crippen LogP) is 2.68. The Morgan fingerprint density at radius 1 is 1.30 bits per heavy atom. The van der Waals surface area contributed by atoms with Crippen LogP contribution in [0.25, 0.3) is 0 Å². The van der Waals surface area contributed by atoms with Crippen molar-refractivity contribution in [2.45, 2.75) is 45.8 Å². The lowest BCUT2D eigenvalue weighted by molar-refractivity contribution is -0.177. The molecule has 2 atom stereocenters. The van der Waals surface area contributed by atoms with E-state index in [1.807, 2.05) is 5.32 Å². The van der Waals surface area contributed by atoms with Crippen LogP contribution in [0.5, 0.6) is 0 Å². The van der Waals surface area contributed by atoms with Crippen LogP contribution in [0.3, 0.4) is 0 Å². The zero-order chi connectivity index (χ0) is 18.4. The quantitative estimate of drug-likeness (QED) is 0.573. The summed E-state index contributed by atoms with van der Waals surface area (Å²) in [5.41, 5.74) is -0.660. The molecule has 0 rings (SSSR count). The van der Waals surface area contributed by atoms with E-state index in [1.165, 1.54) is 20.2 Å². The van der Waals surface area contributed by atoms with E-state index in [0.29, 0.717) is 0 Å². The van der Waals surface area contributed by atoms with Crippen LogP contribution in [-0.2, 0) is 14.4 Å². The van der Waals surface area contributed by atoms with Crippen molar-refractivity contribution >= 4 is 11.8 Å². The molecule has 0 aliphatic carbocycles. The minimum Gasteiger partial charge on any atom is -0.345 e. The van der Waals surface area contributed by atoms with Gasteiger partial charge in [0.2, 0.25) is 5.91 Å². The SMILES string of the molecule is C=CC[C@@H](C[C@@H](NC(=O)C(F)(F)F)C(C)(C)C)C(=O)N(C)OC. The molecule has 0 bridgehead atoms. The maximum Gasteiger partial charge on any atom is 0.471 e. The molecule has 23 heavy (non-hydrogen) atoms. The first-order valence-corrected chi connectivity index (χ1v) is 7.14. The number of carbonyl (C=O) groups is 2. The van der Waals surface area contributed by atoms with E-state index >= 15 is 0 Å². The number of nitrogens with zero attached hydrogens (tertiary/aromatic N) is 1. The molecule has 0 aliphatic rings. The summed E-state index contributed by atoms with van der Waals surface area (Å²) in [6.45, 7) is 8.65. The highest BCUT2D eigenvalue weighted by molar-refractivity contribution is 5.82. The summed E-state index contributed by atoms with van der Waals surface area (Å²) in [7, 11) is 2.73. The van der Waals surface area contributed by atoms with Gasteiger partial charge in [-0.2, -0.15) is 13.2 Å².